The molecule has 0 bridgehead atoms. The Kier molecular flexibility index (Phi) is 9.35. The van der Waals surface area contributed by atoms with Crippen molar-refractivity contribution in [3.05, 3.63) is 29.8 Å². The average Bonchev–Trinajstić information content (AvgIpc) is 2.67. The predicted molar refractivity (Wildman–Crippen MR) is 110 cm³/mol. The Labute approximate surface area is 172 Å². The number of halogens is 1. The molecule has 1 aromatic rings. The van der Waals surface area contributed by atoms with E-state index in [-0.39, 0.29) is 41.4 Å². The number of carbonyl (C=O) groups is 2. The Hall–Kier alpha value is -1.68. The fourth-order valence-corrected chi connectivity index (χ4v) is 4.53. The second-order valence-corrected chi connectivity index (χ2v) is 8.46. The summed E-state index contributed by atoms with van der Waals surface area (Å²) >= 11 is 0. The number of sulfonamides is 1. The Morgan fingerprint density at radius 2 is 1.82 bits per heavy atom. The summed E-state index contributed by atoms with van der Waals surface area (Å²) in [7, 11) is -3.64. The number of carbonyl (C=O) groups excluding carboxylic acids is 2. The molecule has 0 aliphatic carbocycles. The highest BCUT2D eigenvalue weighted by atomic mass is 35.5. The van der Waals surface area contributed by atoms with Crippen molar-refractivity contribution < 1.29 is 18.0 Å². The summed E-state index contributed by atoms with van der Waals surface area (Å²) in [6.07, 6.45) is 1.51. The number of nitrogens with two attached hydrogens (primary N) is 1. The zero-order valence-electron chi connectivity index (χ0n) is 16.3. The fraction of sp³-hybridized carbons (Fsp3) is 0.556. The van der Waals surface area contributed by atoms with E-state index in [0.717, 1.165) is 12.8 Å². The quantitative estimate of drug-likeness (QED) is 0.662. The van der Waals surface area contributed by atoms with Crippen LogP contribution >= 0.6 is 12.4 Å². The van der Waals surface area contributed by atoms with Crippen LogP contribution in [0.4, 0.5) is 0 Å². The van der Waals surface area contributed by atoms with Gasteiger partial charge >= 0.3 is 0 Å². The minimum absolute atomic E-state index is 0. The first-order valence-corrected chi connectivity index (χ1v) is 10.6. The lowest BCUT2D eigenvalue weighted by Gasteiger charge is -2.30. The number of hydrogen-bond acceptors (Lipinski definition) is 5. The summed E-state index contributed by atoms with van der Waals surface area (Å²) < 4.78 is 26.5. The van der Waals surface area contributed by atoms with Gasteiger partial charge in [0, 0.05) is 37.8 Å². The number of amides is 2. The third-order valence-electron chi connectivity index (χ3n) is 4.73. The van der Waals surface area contributed by atoms with E-state index < -0.39 is 15.9 Å². The van der Waals surface area contributed by atoms with E-state index in [0.29, 0.717) is 26.2 Å². The monoisotopic (exact) mass is 432 g/mol. The van der Waals surface area contributed by atoms with Gasteiger partial charge in [0.1, 0.15) is 0 Å². The number of benzene rings is 1. The Morgan fingerprint density at radius 3 is 2.39 bits per heavy atom. The van der Waals surface area contributed by atoms with Gasteiger partial charge in [-0.1, -0.05) is 19.9 Å². The van der Waals surface area contributed by atoms with Crippen molar-refractivity contribution >= 4 is 34.2 Å². The fourth-order valence-electron chi connectivity index (χ4n) is 3.03. The Bertz CT molecular complexity index is 776. The van der Waals surface area contributed by atoms with E-state index in [1.807, 2.05) is 0 Å². The van der Waals surface area contributed by atoms with Crippen LogP contribution < -0.4 is 11.1 Å². The van der Waals surface area contributed by atoms with Crippen molar-refractivity contribution in [2.45, 2.75) is 37.6 Å². The van der Waals surface area contributed by atoms with Gasteiger partial charge in [-0.25, -0.2) is 8.42 Å². The van der Waals surface area contributed by atoms with Crippen LogP contribution in [0, 0.1) is 0 Å². The third-order valence-corrected chi connectivity index (χ3v) is 6.78. The smallest absolute Gasteiger partial charge is 0.251 e. The number of likely N-dealkylation sites (tertiary alicyclic amines) is 1. The number of nitrogens with zero attached hydrogens (tertiary/aromatic N) is 2. The minimum atomic E-state index is -3.64. The van der Waals surface area contributed by atoms with Crippen molar-refractivity contribution in [3.63, 3.8) is 0 Å². The lowest BCUT2D eigenvalue weighted by molar-refractivity contribution is -0.131. The molecule has 1 aliphatic rings. The molecule has 0 spiro atoms. The molecule has 0 aromatic heterocycles. The van der Waals surface area contributed by atoms with Gasteiger partial charge in [-0.05, 0) is 31.0 Å². The van der Waals surface area contributed by atoms with Gasteiger partial charge in [-0.15, -0.1) is 12.4 Å². The summed E-state index contributed by atoms with van der Waals surface area (Å²) in [4.78, 5) is 26.3. The lowest BCUT2D eigenvalue weighted by Crippen LogP contribution is -2.46. The molecule has 158 valence electrons. The summed E-state index contributed by atoms with van der Waals surface area (Å²) in [5, 5.41) is 2.57. The van der Waals surface area contributed by atoms with Crippen LogP contribution in [0.5, 0.6) is 0 Å². The van der Waals surface area contributed by atoms with Gasteiger partial charge in [0.25, 0.3) is 5.91 Å². The van der Waals surface area contributed by atoms with Gasteiger partial charge in [-0.2, -0.15) is 4.31 Å². The number of rotatable bonds is 7. The summed E-state index contributed by atoms with van der Waals surface area (Å²) in [6.45, 7) is 5.28. The Morgan fingerprint density at radius 1 is 1.21 bits per heavy atom. The van der Waals surface area contributed by atoms with Crippen LogP contribution in [0.25, 0.3) is 0 Å². The van der Waals surface area contributed by atoms with Gasteiger partial charge in [0.15, 0.2) is 0 Å². The van der Waals surface area contributed by atoms with Crippen molar-refractivity contribution in [2.75, 3.05) is 32.7 Å². The molecule has 0 saturated carbocycles. The molecular weight excluding hydrogens is 404 g/mol. The van der Waals surface area contributed by atoms with Crippen LogP contribution in [0.3, 0.4) is 0 Å². The molecule has 3 N–H and O–H groups in total. The highest BCUT2D eigenvalue weighted by Gasteiger charge is 2.23. The molecule has 8 nitrogen and oxygen atoms in total. The maximum atomic E-state index is 12.6. The van der Waals surface area contributed by atoms with Crippen molar-refractivity contribution in [3.8, 4) is 0 Å². The largest absolute Gasteiger partial charge is 0.343 e. The maximum absolute atomic E-state index is 12.6. The SMILES string of the molecule is CCN(CC)S(=O)(=O)c1cccc(C(=O)NCC(=O)N2CCC(N)CC2)c1.Cl. The molecule has 0 radical (unpaired) electrons. The van der Waals surface area contributed by atoms with Crippen molar-refractivity contribution in [1.82, 2.24) is 14.5 Å². The maximum Gasteiger partial charge on any atom is 0.251 e. The molecule has 1 aliphatic heterocycles. The highest BCUT2D eigenvalue weighted by molar-refractivity contribution is 7.89. The molecule has 1 heterocycles. The van der Waals surface area contributed by atoms with Gasteiger partial charge < -0.3 is 16.0 Å². The van der Waals surface area contributed by atoms with E-state index in [4.69, 9.17) is 5.73 Å². The molecule has 1 fully saturated rings. The van der Waals surface area contributed by atoms with Gasteiger partial charge in [0.2, 0.25) is 15.9 Å². The van der Waals surface area contributed by atoms with Crippen LogP contribution in [0.2, 0.25) is 0 Å². The molecule has 2 amide bonds. The first-order valence-electron chi connectivity index (χ1n) is 9.21. The molecule has 0 unspecified atom stereocenters. The second-order valence-electron chi connectivity index (χ2n) is 6.52. The molecule has 0 atom stereocenters. The van der Waals surface area contributed by atoms with Crippen LogP contribution in [-0.2, 0) is 14.8 Å². The summed E-state index contributed by atoms with van der Waals surface area (Å²) in [6, 6.07) is 5.99. The number of nitrogens with one attached hydrogen (secondary N) is 1. The predicted octanol–water partition coefficient (Wildman–Crippen LogP) is 0.818. The zero-order valence-corrected chi connectivity index (χ0v) is 17.9. The first kappa shape index (κ1) is 24.4. The van der Waals surface area contributed by atoms with E-state index >= 15 is 0 Å². The van der Waals surface area contributed by atoms with E-state index in [9.17, 15) is 18.0 Å². The zero-order chi connectivity index (χ0) is 20.0. The molecule has 1 saturated heterocycles. The number of hydrogen-bond donors (Lipinski definition) is 2. The standard InChI is InChI=1S/C18H28N4O4S.ClH/c1-3-22(4-2)27(25,26)16-7-5-6-14(12-16)18(24)20-13-17(23)21-10-8-15(19)9-11-21;/h5-7,12,15H,3-4,8-11,13,19H2,1-2H3,(H,20,24);1H. The lowest BCUT2D eigenvalue weighted by atomic mass is 10.1. The van der Waals surface area contributed by atoms with E-state index in [1.165, 1.54) is 28.6 Å². The highest BCUT2D eigenvalue weighted by Crippen LogP contribution is 2.17. The van der Waals surface area contributed by atoms with Gasteiger partial charge in [-0.3, -0.25) is 9.59 Å². The molecule has 10 heteroatoms. The van der Waals surface area contributed by atoms with Crippen LogP contribution in [0.15, 0.2) is 29.2 Å². The minimum Gasteiger partial charge on any atom is -0.343 e. The normalized spacial score (nSPS) is 15.2. The van der Waals surface area contributed by atoms with Crippen LogP contribution in [-0.4, -0.2) is 68.2 Å². The molecule has 2 rings (SSSR count). The molecule has 1 aromatic carbocycles. The second kappa shape index (κ2) is 10.8. The van der Waals surface area contributed by atoms with Crippen molar-refractivity contribution in [2.24, 2.45) is 5.73 Å². The van der Waals surface area contributed by atoms with Crippen molar-refractivity contribution in [1.29, 1.82) is 0 Å². The number of piperidine rings is 1. The Balaban J connectivity index is 0.00000392. The topological polar surface area (TPSA) is 113 Å². The van der Waals surface area contributed by atoms with Crippen LogP contribution in [0.1, 0.15) is 37.0 Å². The van der Waals surface area contributed by atoms with E-state index in [1.54, 1.807) is 18.7 Å². The third kappa shape index (κ3) is 5.91. The van der Waals surface area contributed by atoms with Gasteiger partial charge in [0.05, 0.1) is 11.4 Å². The summed E-state index contributed by atoms with van der Waals surface area (Å²) in [5.74, 6) is -0.643. The first-order chi connectivity index (χ1) is 12.8. The van der Waals surface area contributed by atoms with E-state index in [2.05, 4.69) is 5.32 Å². The average molecular weight is 433 g/mol. The molecule has 28 heavy (non-hydrogen) atoms. The summed E-state index contributed by atoms with van der Waals surface area (Å²) in [5.41, 5.74) is 6.03. The molecular formula is C18H29ClN4O4S.